The van der Waals surface area contributed by atoms with E-state index in [2.05, 4.69) is 11.8 Å². The molecule has 0 saturated carbocycles. The molecule has 1 aromatic rings. The van der Waals surface area contributed by atoms with Crippen LogP contribution in [0.5, 0.6) is 0 Å². The molecular formula is C20H24FNO6S. The summed E-state index contributed by atoms with van der Waals surface area (Å²) in [5.74, 6) is 4.63. The molecule has 1 aromatic carbocycles. The molecule has 0 aromatic heterocycles. The number of esters is 1. The van der Waals surface area contributed by atoms with E-state index in [-0.39, 0.29) is 26.0 Å². The summed E-state index contributed by atoms with van der Waals surface area (Å²) in [6.07, 6.45) is -0.524. The van der Waals surface area contributed by atoms with Gasteiger partial charge in [0.1, 0.15) is 12.8 Å². The molecule has 1 amide bonds. The number of anilines is 1. The molecule has 0 spiro atoms. The summed E-state index contributed by atoms with van der Waals surface area (Å²) < 4.78 is 45.0. The first-order valence-electron chi connectivity index (χ1n) is 9.12. The van der Waals surface area contributed by atoms with Crippen molar-refractivity contribution < 1.29 is 31.9 Å². The van der Waals surface area contributed by atoms with Gasteiger partial charge in [0.25, 0.3) is 0 Å². The van der Waals surface area contributed by atoms with Crippen molar-refractivity contribution in [3.8, 4) is 11.8 Å². The fourth-order valence-corrected chi connectivity index (χ4v) is 3.73. The molecule has 1 aliphatic rings. The van der Waals surface area contributed by atoms with E-state index in [9.17, 15) is 22.4 Å². The number of ether oxygens (including phenoxy) is 2. The van der Waals surface area contributed by atoms with Crippen molar-refractivity contribution in [1.29, 1.82) is 0 Å². The molecule has 2 rings (SSSR count). The van der Waals surface area contributed by atoms with Crippen LogP contribution in [0, 0.1) is 11.8 Å². The third-order valence-corrected chi connectivity index (χ3v) is 6.62. The molecule has 1 fully saturated rings. The van der Waals surface area contributed by atoms with Crippen molar-refractivity contribution in [2.75, 3.05) is 31.0 Å². The summed E-state index contributed by atoms with van der Waals surface area (Å²) >= 11 is 0. The maximum atomic E-state index is 12.3. The minimum absolute atomic E-state index is 0.0428. The second-order valence-electron chi connectivity index (χ2n) is 6.83. The fourth-order valence-electron chi connectivity index (χ4n) is 2.88. The van der Waals surface area contributed by atoms with E-state index in [1.807, 2.05) is 0 Å². The Morgan fingerprint density at radius 2 is 2.03 bits per heavy atom. The van der Waals surface area contributed by atoms with Crippen molar-refractivity contribution in [1.82, 2.24) is 0 Å². The van der Waals surface area contributed by atoms with Crippen LogP contribution in [0.4, 0.5) is 14.9 Å². The smallest absolute Gasteiger partial charge is 0.414 e. The summed E-state index contributed by atoms with van der Waals surface area (Å²) in [6.45, 7) is 2.49. The normalized spacial score (nSPS) is 18.4. The van der Waals surface area contributed by atoms with E-state index >= 15 is 0 Å². The standard InChI is InChI=1S/C20H24FNO6S/c1-4-27-18(23)20(2,29(3,25)26)13-17-14-22(19(24)28-17)16-10-8-15(9-11-16)7-5-6-12-21/h8-11,17H,4,6,12-14H2,1-3H3/t17-,20+/m0/s1. The van der Waals surface area contributed by atoms with Crippen LogP contribution < -0.4 is 4.90 Å². The number of alkyl halides is 1. The molecule has 0 bridgehead atoms. The molecule has 0 unspecified atom stereocenters. The number of sulfone groups is 1. The number of nitrogens with zero attached hydrogens (tertiary/aromatic N) is 1. The molecule has 7 nitrogen and oxygen atoms in total. The monoisotopic (exact) mass is 425 g/mol. The second-order valence-corrected chi connectivity index (χ2v) is 9.28. The number of rotatable bonds is 7. The molecule has 0 aliphatic carbocycles. The maximum Gasteiger partial charge on any atom is 0.414 e. The van der Waals surface area contributed by atoms with Crippen molar-refractivity contribution in [2.45, 2.75) is 37.5 Å². The van der Waals surface area contributed by atoms with Crippen LogP contribution >= 0.6 is 0 Å². The Kier molecular flexibility index (Phi) is 7.25. The zero-order valence-corrected chi connectivity index (χ0v) is 17.4. The Hall–Kier alpha value is -2.60. The van der Waals surface area contributed by atoms with E-state index < -0.39 is 39.4 Å². The molecule has 2 atom stereocenters. The van der Waals surface area contributed by atoms with Gasteiger partial charge in [0.2, 0.25) is 0 Å². The Balaban J connectivity index is 2.15. The molecule has 29 heavy (non-hydrogen) atoms. The minimum atomic E-state index is -3.82. The second kappa shape index (κ2) is 9.27. The fraction of sp³-hybridized carbons (Fsp3) is 0.500. The van der Waals surface area contributed by atoms with E-state index in [0.29, 0.717) is 11.3 Å². The first-order valence-corrected chi connectivity index (χ1v) is 11.0. The number of carbonyl (C=O) groups excluding carboxylic acids is 2. The van der Waals surface area contributed by atoms with Crippen molar-refractivity contribution in [3.05, 3.63) is 29.8 Å². The third kappa shape index (κ3) is 5.26. The van der Waals surface area contributed by atoms with E-state index in [4.69, 9.17) is 9.47 Å². The Morgan fingerprint density at radius 1 is 1.38 bits per heavy atom. The van der Waals surface area contributed by atoms with Crippen molar-refractivity contribution >= 4 is 27.6 Å². The van der Waals surface area contributed by atoms with Gasteiger partial charge >= 0.3 is 12.1 Å². The van der Waals surface area contributed by atoms with Crippen molar-refractivity contribution in [2.24, 2.45) is 0 Å². The lowest BCUT2D eigenvalue weighted by molar-refractivity contribution is -0.146. The lowest BCUT2D eigenvalue weighted by Crippen LogP contribution is -2.47. The number of hydrogen-bond acceptors (Lipinski definition) is 6. The highest BCUT2D eigenvalue weighted by Gasteiger charge is 2.49. The van der Waals surface area contributed by atoms with E-state index in [1.165, 1.54) is 11.8 Å². The maximum absolute atomic E-state index is 12.3. The summed E-state index contributed by atoms with van der Waals surface area (Å²) in [5.41, 5.74) is 1.23. The third-order valence-electron chi connectivity index (χ3n) is 4.65. The Morgan fingerprint density at radius 3 is 2.59 bits per heavy atom. The Bertz CT molecular complexity index is 919. The highest BCUT2D eigenvalue weighted by molar-refractivity contribution is 7.92. The van der Waals surface area contributed by atoms with Crippen LogP contribution in [0.15, 0.2) is 24.3 Å². The van der Waals surface area contributed by atoms with Gasteiger partial charge in [-0.2, -0.15) is 0 Å². The molecule has 1 heterocycles. The van der Waals surface area contributed by atoms with Gasteiger partial charge in [-0.15, -0.1) is 0 Å². The average molecular weight is 425 g/mol. The summed E-state index contributed by atoms with van der Waals surface area (Å²) in [5, 5.41) is 0. The van der Waals surface area contributed by atoms with Gasteiger partial charge < -0.3 is 9.47 Å². The minimum Gasteiger partial charge on any atom is -0.465 e. The molecule has 0 radical (unpaired) electrons. The van der Waals surface area contributed by atoms with Crippen LogP contribution in [0.25, 0.3) is 0 Å². The molecular weight excluding hydrogens is 401 g/mol. The topological polar surface area (TPSA) is 90.0 Å². The number of benzene rings is 1. The first kappa shape index (κ1) is 22.7. The van der Waals surface area contributed by atoms with Crippen LogP contribution in [-0.2, 0) is 24.1 Å². The van der Waals surface area contributed by atoms with Crippen LogP contribution in [0.3, 0.4) is 0 Å². The van der Waals surface area contributed by atoms with Gasteiger partial charge in [-0.25, -0.2) is 13.2 Å². The number of hydrogen-bond donors (Lipinski definition) is 0. The quantitative estimate of drug-likeness (QED) is 0.493. The highest BCUT2D eigenvalue weighted by Crippen LogP contribution is 2.30. The highest BCUT2D eigenvalue weighted by atomic mass is 32.2. The lowest BCUT2D eigenvalue weighted by Gasteiger charge is -2.27. The largest absolute Gasteiger partial charge is 0.465 e. The summed E-state index contributed by atoms with van der Waals surface area (Å²) in [4.78, 5) is 25.9. The zero-order chi connectivity index (χ0) is 21.7. The van der Waals surface area contributed by atoms with Gasteiger partial charge in [0.05, 0.1) is 13.2 Å². The van der Waals surface area contributed by atoms with Crippen molar-refractivity contribution in [3.63, 3.8) is 0 Å². The summed E-state index contributed by atoms with van der Waals surface area (Å²) in [7, 11) is -3.82. The predicted molar refractivity (Wildman–Crippen MR) is 106 cm³/mol. The SMILES string of the molecule is CCOC(=O)[C@@](C)(C[C@H]1CN(c2ccc(C#CCCF)cc2)C(=O)O1)S(C)(=O)=O. The van der Waals surface area contributed by atoms with Gasteiger partial charge in [0, 0.05) is 30.3 Å². The molecule has 9 heteroatoms. The van der Waals surface area contributed by atoms with Gasteiger partial charge in [0.15, 0.2) is 14.6 Å². The van der Waals surface area contributed by atoms with E-state index in [0.717, 1.165) is 6.26 Å². The summed E-state index contributed by atoms with van der Waals surface area (Å²) in [6, 6.07) is 6.73. The zero-order valence-electron chi connectivity index (χ0n) is 16.6. The molecule has 0 N–H and O–H groups in total. The predicted octanol–water partition coefficient (Wildman–Crippen LogP) is 2.48. The average Bonchev–Trinajstić information content (AvgIpc) is 3.01. The number of carbonyl (C=O) groups is 2. The van der Waals surface area contributed by atoms with Crippen LogP contribution in [0.1, 0.15) is 32.3 Å². The number of cyclic esters (lactones) is 1. The number of amides is 1. The van der Waals surface area contributed by atoms with E-state index in [1.54, 1.807) is 31.2 Å². The van der Waals surface area contributed by atoms with Crippen LogP contribution in [0.2, 0.25) is 0 Å². The van der Waals surface area contributed by atoms with Gasteiger partial charge in [-0.05, 0) is 38.1 Å². The lowest BCUT2D eigenvalue weighted by atomic mass is 10.0. The van der Waals surface area contributed by atoms with Gasteiger partial charge in [-0.1, -0.05) is 11.8 Å². The first-order chi connectivity index (χ1) is 13.6. The van der Waals surface area contributed by atoms with Crippen LogP contribution in [-0.4, -0.2) is 57.4 Å². The molecule has 158 valence electrons. The van der Waals surface area contributed by atoms with Gasteiger partial charge in [-0.3, -0.25) is 14.1 Å². The molecule has 1 saturated heterocycles. The number of halogens is 1. The molecule has 1 aliphatic heterocycles. The Labute approximate surface area is 170 Å².